The van der Waals surface area contributed by atoms with Gasteiger partial charge in [-0.05, 0) is 132 Å². The summed E-state index contributed by atoms with van der Waals surface area (Å²) in [6, 6.07) is 73.8. The molecule has 2 aliphatic rings. The van der Waals surface area contributed by atoms with Gasteiger partial charge in [0.15, 0.2) is 0 Å². The van der Waals surface area contributed by atoms with Crippen LogP contribution in [0.5, 0.6) is 0 Å². The Morgan fingerprint density at radius 3 is 0.748 bits per heavy atom. The molecule has 5 heterocycles. The quantitative estimate of drug-likeness (QED) is 0.120. The Hall–Kier alpha value is -9.59. The van der Waals surface area contributed by atoms with Crippen LogP contribution in [0.2, 0.25) is 0 Å². The zero-order chi connectivity index (χ0) is 74.1. The number of nitrogens with zero attached hydrogens (tertiary/aromatic N) is 3. The standard InChI is InChI=1S/C96H109N7/c1-89(2,3)65-41-25-57(26-42-65)73-75(59-29-45-67(46-30-59)91(7,8)9)83-97-81(73)82-74(58-27-43-66(44-28-58)90(4,5)6)76(60-31-47-68(48-32-60)92(10,11)12)84(98-82)100-86-78(62-35-51-70(52-36-62)94(16,17)18)80(64-39-55-72(56-40-64)96(22,23)24)88(102-86)103-87-79(63-37-53-71(54-38-63)95(19,20)21)77(85(99-83)101-87)61-33-49-69(50-34-61)93(13,14)15/h25-56,87,97-98H,1-24H3,(H,99,101)(H,100,102,103). The number of aliphatic imine (C=N–C) groups is 1. The van der Waals surface area contributed by atoms with Crippen molar-refractivity contribution in [3.63, 3.8) is 0 Å². The fourth-order valence-electron chi connectivity index (χ4n) is 14.7. The maximum atomic E-state index is 6.20. The minimum atomic E-state index is -0.665. The predicted molar refractivity (Wildman–Crippen MR) is 439 cm³/mol. The monoisotopic (exact) mass is 1360 g/mol. The van der Waals surface area contributed by atoms with Crippen molar-refractivity contribution in [3.05, 3.63) is 261 Å². The predicted octanol–water partition coefficient (Wildman–Crippen LogP) is 24.9. The minimum Gasteiger partial charge on any atom is -0.344 e. The molecule has 1 atom stereocenters. The topological polar surface area (TPSA) is 96.5 Å². The molecule has 0 fully saturated rings. The fraction of sp³-hybridized carbons (Fsp3) is 0.344. The molecule has 7 nitrogen and oxygen atoms in total. The first-order valence-corrected chi connectivity index (χ1v) is 37.3. The van der Waals surface area contributed by atoms with Gasteiger partial charge in [0.1, 0.15) is 34.6 Å². The molecule has 4 N–H and O–H groups in total. The summed E-state index contributed by atoms with van der Waals surface area (Å²) in [4.78, 5) is 31.2. The van der Waals surface area contributed by atoms with Gasteiger partial charge in [-0.1, -0.05) is 360 Å². The molecule has 3 aromatic heterocycles. The van der Waals surface area contributed by atoms with Gasteiger partial charge in [0.25, 0.3) is 0 Å². The Morgan fingerprint density at radius 1 is 0.233 bits per heavy atom. The van der Waals surface area contributed by atoms with E-state index in [0.29, 0.717) is 28.4 Å². The third-order valence-electron chi connectivity index (χ3n) is 21.3. The highest BCUT2D eigenvalue weighted by Gasteiger charge is 2.37. The van der Waals surface area contributed by atoms with Gasteiger partial charge in [-0.25, -0.2) is 15.0 Å². The van der Waals surface area contributed by atoms with Crippen molar-refractivity contribution in [1.82, 2.24) is 20.3 Å². The summed E-state index contributed by atoms with van der Waals surface area (Å²) in [6.45, 7) is 54.9. The summed E-state index contributed by atoms with van der Waals surface area (Å²) in [5.41, 5.74) is 28.6. The van der Waals surface area contributed by atoms with Crippen LogP contribution in [0.1, 0.15) is 222 Å². The average Bonchev–Trinajstić information content (AvgIpc) is 1.58. The van der Waals surface area contributed by atoms with Crippen molar-refractivity contribution >= 4 is 28.6 Å². The van der Waals surface area contributed by atoms with Crippen molar-refractivity contribution in [1.29, 1.82) is 0 Å². The first-order valence-electron chi connectivity index (χ1n) is 37.3. The number of H-pyrrole nitrogens is 3. The lowest BCUT2D eigenvalue weighted by Crippen LogP contribution is -2.30. The summed E-state index contributed by atoms with van der Waals surface area (Å²) in [7, 11) is 0. The van der Waals surface area contributed by atoms with Gasteiger partial charge in [0, 0.05) is 44.5 Å². The number of amidine groups is 1. The Kier molecular flexibility index (Phi) is 17.9. The van der Waals surface area contributed by atoms with Crippen LogP contribution in [0.3, 0.4) is 0 Å². The molecule has 103 heavy (non-hydrogen) atoms. The molecule has 0 aliphatic carbocycles. The lowest BCUT2D eigenvalue weighted by atomic mass is 9.83. The molecule has 13 rings (SSSR count). The van der Waals surface area contributed by atoms with Crippen molar-refractivity contribution in [3.8, 4) is 78.1 Å². The van der Waals surface area contributed by atoms with Crippen LogP contribution in [0, 0.1) is 0 Å². The maximum absolute atomic E-state index is 6.20. The third kappa shape index (κ3) is 14.2. The smallest absolute Gasteiger partial charge is 0.149 e. The highest BCUT2D eigenvalue weighted by molar-refractivity contribution is 6.34. The van der Waals surface area contributed by atoms with E-state index in [9.17, 15) is 0 Å². The number of rotatable bonds is 8. The molecule has 2 aliphatic heterocycles. The van der Waals surface area contributed by atoms with Gasteiger partial charge >= 0.3 is 0 Å². The Bertz CT molecular complexity index is 5180. The van der Waals surface area contributed by atoms with Crippen molar-refractivity contribution in [2.75, 3.05) is 0 Å². The first-order chi connectivity index (χ1) is 48.1. The van der Waals surface area contributed by atoms with E-state index in [1.54, 1.807) is 0 Å². The van der Waals surface area contributed by atoms with Crippen LogP contribution < -0.4 is 16.3 Å². The zero-order valence-corrected chi connectivity index (χ0v) is 65.9. The number of fused-ring (bicyclic) bond motifs is 9. The van der Waals surface area contributed by atoms with E-state index in [1.165, 1.54) is 44.5 Å². The van der Waals surface area contributed by atoms with Crippen molar-refractivity contribution < 1.29 is 0 Å². The second-order valence-electron chi connectivity index (χ2n) is 37.4. The molecular formula is C96H109N7. The second-order valence-corrected chi connectivity index (χ2v) is 37.4. The van der Waals surface area contributed by atoms with E-state index in [1.807, 2.05) is 0 Å². The summed E-state index contributed by atoms with van der Waals surface area (Å²) in [5.74, 6) is 2.11. The second kappa shape index (κ2) is 25.7. The molecule has 0 saturated carbocycles. The number of benzene rings is 8. The molecule has 0 spiro atoms. The number of aromatic nitrogens is 3. The Balaban J connectivity index is 1.28. The molecule has 528 valence electrons. The van der Waals surface area contributed by atoms with Crippen LogP contribution in [-0.2, 0) is 43.3 Å². The van der Waals surface area contributed by atoms with Gasteiger partial charge in [-0.15, -0.1) is 0 Å². The number of nitrogens with one attached hydrogen (secondary N) is 4. The van der Waals surface area contributed by atoms with Crippen molar-refractivity contribution in [2.24, 2.45) is 15.0 Å². The number of hydrogen-bond donors (Lipinski definition) is 4. The van der Waals surface area contributed by atoms with Crippen LogP contribution in [0.25, 0.3) is 89.3 Å². The van der Waals surface area contributed by atoms with Crippen LogP contribution >= 0.6 is 0 Å². The highest BCUT2D eigenvalue weighted by atomic mass is 15.2. The largest absolute Gasteiger partial charge is 0.344 e. The summed E-state index contributed by atoms with van der Waals surface area (Å²) in [5, 5.41) is 4.16. The van der Waals surface area contributed by atoms with E-state index in [4.69, 9.17) is 15.0 Å². The number of aromatic amines is 3. The normalized spacial score (nSPS) is 15.9. The molecule has 1 unspecified atom stereocenters. The fourth-order valence-corrected chi connectivity index (χ4v) is 14.7. The van der Waals surface area contributed by atoms with E-state index >= 15 is 0 Å². The lowest BCUT2D eigenvalue weighted by Gasteiger charge is -2.21. The summed E-state index contributed by atoms with van der Waals surface area (Å²) >= 11 is 0. The van der Waals surface area contributed by atoms with Crippen LogP contribution in [-0.4, -0.2) is 27.0 Å². The molecule has 0 amide bonds. The van der Waals surface area contributed by atoms with Crippen LogP contribution in [0.15, 0.2) is 209 Å². The third-order valence-corrected chi connectivity index (χ3v) is 21.3. The molecular weight excluding hydrogens is 1250 g/mol. The highest BCUT2D eigenvalue weighted by Crippen LogP contribution is 2.54. The van der Waals surface area contributed by atoms with Gasteiger partial charge in [0.05, 0.1) is 11.4 Å². The van der Waals surface area contributed by atoms with Crippen molar-refractivity contribution in [2.45, 2.75) is 216 Å². The molecule has 0 radical (unpaired) electrons. The zero-order valence-electron chi connectivity index (χ0n) is 65.9. The summed E-state index contributed by atoms with van der Waals surface area (Å²) in [6.07, 6.45) is -0.665. The lowest BCUT2D eigenvalue weighted by molar-refractivity contribution is 0.590. The van der Waals surface area contributed by atoms with E-state index in [0.717, 1.165) is 100 Å². The minimum absolute atomic E-state index is 0.0842. The summed E-state index contributed by atoms with van der Waals surface area (Å²) < 4.78 is 0. The van der Waals surface area contributed by atoms with Crippen LogP contribution in [0.4, 0.5) is 11.6 Å². The van der Waals surface area contributed by atoms with E-state index in [-0.39, 0.29) is 43.3 Å². The van der Waals surface area contributed by atoms with Gasteiger partial charge < -0.3 is 20.3 Å². The maximum Gasteiger partial charge on any atom is 0.149 e. The first kappa shape index (κ1) is 71.8. The molecule has 0 saturated heterocycles. The van der Waals surface area contributed by atoms with Gasteiger partial charge in [-0.2, -0.15) is 0 Å². The van der Waals surface area contributed by atoms with Gasteiger partial charge in [-0.3, -0.25) is 0 Å². The molecule has 8 aromatic carbocycles. The molecule has 8 bridgehead atoms. The average molecular weight is 1360 g/mol. The Labute approximate surface area is 614 Å². The van der Waals surface area contributed by atoms with Gasteiger partial charge in [0.2, 0.25) is 0 Å². The molecule has 11 aromatic rings. The Morgan fingerprint density at radius 2 is 0.466 bits per heavy atom. The van der Waals surface area contributed by atoms with E-state index < -0.39 is 6.17 Å². The number of hydrogen-bond acceptors (Lipinski definition) is 4. The molecule has 7 heteroatoms. The SMILES string of the molecule is CC(C)(C)c1ccc(C2=C(c3ccc(C(C)(C)C)cc3)C3/N=c4\[nH]/c(c(-c5ccc(C(C)(C)C)cc5)c4-c4ccc(C(C)(C)C)cc4)=N\c4[nH]c(c(-c5ccc(C(C)(C)C)cc5)c4-c4ccc(C(C)(C)C)cc4)-c4[nH]c(c(-c5ccc(C(C)(C)C)cc5)c4-c4ccc(C(C)(C)C)cc4)/N=C/2N3)cc1. The van der Waals surface area contributed by atoms with E-state index in [2.05, 4.69) is 381 Å².